The lowest BCUT2D eigenvalue weighted by molar-refractivity contribution is 0.468. The first kappa shape index (κ1) is 15.2. The Hall–Kier alpha value is 0.190. The van der Waals surface area contributed by atoms with Crippen LogP contribution in [0, 0.1) is 0 Å². The Balaban J connectivity index is 3.34. The average molecular weight is 361 g/mol. The molecular formula is C10H12BrCl2NO2S. The molecule has 0 saturated carbocycles. The van der Waals surface area contributed by atoms with Crippen LogP contribution in [0.4, 0.5) is 0 Å². The van der Waals surface area contributed by atoms with Crippen LogP contribution in [0.25, 0.3) is 0 Å². The number of hydrogen-bond acceptors (Lipinski definition) is 2. The van der Waals surface area contributed by atoms with Crippen LogP contribution in [0.15, 0.2) is 21.5 Å². The fourth-order valence-electron chi connectivity index (χ4n) is 1.37. The maximum absolute atomic E-state index is 12.2. The van der Waals surface area contributed by atoms with E-state index in [1.54, 1.807) is 0 Å². The molecule has 1 rings (SSSR count). The van der Waals surface area contributed by atoms with Gasteiger partial charge in [-0.1, -0.05) is 46.1 Å². The van der Waals surface area contributed by atoms with Gasteiger partial charge in [-0.15, -0.1) is 0 Å². The quantitative estimate of drug-likeness (QED) is 0.819. The fourth-order valence-corrected chi connectivity index (χ4v) is 4.51. The number of rotatable bonds is 4. The first-order valence-corrected chi connectivity index (χ1v) is 7.90. The summed E-state index contributed by atoms with van der Waals surface area (Å²) in [5.41, 5.74) is 0. The van der Waals surface area contributed by atoms with Crippen LogP contribution >= 0.6 is 39.1 Å². The third-order valence-electron chi connectivity index (χ3n) is 2.17. The molecule has 0 aromatic heterocycles. The summed E-state index contributed by atoms with van der Waals surface area (Å²) in [4.78, 5) is -0.0417. The van der Waals surface area contributed by atoms with Crippen LogP contribution in [-0.2, 0) is 10.0 Å². The lowest BCUT2D eigenvalue weighted by Crippen LogP contribution is -2.28. The third-order valence-corrected chi connectivity index (χ3v) is 5.41. The monoisotopic (exact) mass is 359 g/mol. The normalized spacial score (nSPS) is 12.1. The van der Waals surface area contributed by atoms with Gasteiger partial charge in [-0.3, -0.25) is 0 Å². The average Bonchev–Trinajstić information content (AvgIpc) is 2.15. The summed E-state index contributed by atoms with van der Waals surface area (Å²) in [7, 11) is -2.12. The van der Waals surface area contributed by atoms with Gasteiger partial charge in [0.2, 0.25) is 10.0 Å². The first-order chi connectivity index (χ1) is 7.80. The van der Waals surface area contributed by atoms with Crippen molar-refractivity contribution >= 4 is 49.2 Å². The predicted octanol–water partition coefficient (Wildman–Crippen LogP) is 3.79. The number of hydrogen-bond donors (Lipinski definition) is 0. The molecule has 0 fully saturated rings. The summed E-state index contributed by atoms with van der Waals surface area (Å²) in [6.07, 6.45) is 0.724. The highest BCUT2D eigenvalue weighted by molar-refractivity contribution is 9.10. The van der Waals surface area contributed by atoms with E-state index in [0.29, 0.717) is 11.0 Å². The molecule has 0 atom stereocenters. The molecule has 0 bridgehead atoms. The molecular weight excluding hydrogens is 349 g/mol. The zero-order chi connectivity index (χ0) is 13.2. The zero-order valence-corrected chi connectivity index (χ0v) is 13.3. The van der Waals surface area contributed by atoms with Gasteiger partial charge in [-0.25, -0.2) is 12.7 Å². The minimum absolute atomic E-state index is 0.0417. The van der Waals surface area contributed by atoms with Crippen LogP contribution in [-0.4, -0.2) is 26.3 Å². The smallest absolute Gasteiger partial charge is 0.207 e. The van der Waals surface area contributed by atoms with Gasteiger partial charge in [0.05, 0.1) is 10.0 Å². The van der Waals surface area contributed by atoms with Crippen molar-refractivity contribution in [2.45, 2.75) is 18.2 Å². The van der Waals surface area contributed by atoms with Gasteiger partial charge >= 0.3 is 0 Å². The molecule has 0 aliphatic rings. The first-order valence-electron chi connectivity index (χ1n) is 4.91. The topological polar surface area (TPSA) is 37.4 Å². The Bertz CT molecular complexity index is 496. The standard InChI is InChI=1S/C10H12BrCl2NO2S/c1-3-4-14(2)17(15,16)10-8(12)5-7(11)6-9(10)13/h5-6H,3-4H2,1-2H3. The molecule has 0 heterocycles. The second-order valence-corrected chi connectivity index (χ2v) is 7.24. The molecule has 96 valence electrons. The molecule has 1 aromatic carbocycles. The Morgan fingerprint density at radius 3 is 2.18 bits per heavy atom. The highest BCUT2D eigenvalue weighted by Crippen LogP contribution is 2.34. The number of nitrogens with zero attached hydrogens (tertiary/aromatic N) is 1. The lowest BCUT2D eigenvalue weighted by atomic mass is 10.4. The van der Waals surface area contributed by atoms with Crippen molar-refractivity contribution in [2.24, 2.45) is 0 Å². The van der Waals surface area contributed by atoms with Crippen molar-refractivity contribution < 1.29 is 8.42 Å². The van der Waals surface area contributed by atoms with E-state index in [1.165, 1.54) is 23.5 Å². The second-order valence-electron chi connectivity index (χ2n) is 3.53. The molecule has 0 amide bonds. The largest absolute Gasteiger partial charge is 0.245 e. The van der Waals surface area contributed by atoms with Gasteiger partial charge in [0, 0.05) is 18.1 Å². The van der Waals surface area contributed by atoms with Crippen LogP contribution in [0.5, 0.6) is 0 Å². The zero-order valence-electron chi connectivity index (χ0n) is 9.37. The number of benzene rings is 1. The van der Waals surface area contributed by atoms with Gasteiger partial charge in [0.15, 0.2) is 0 Å². The SMILES string of the molecule is CCCN(C)S(=O)(=O)c1c(Cl)cc(Br)cc1Cl. The maximum atomic E-state index is 12.2. The van der Waals surface area contributed by atoms with E-state index in [1.807, 2.05) is 6.92 Å². The van der Waals surface area contributed by atoms with Gasteiger partial charge < -0.3 is 0 Å². The van der Waals surface area contributed by atoms with Crippen LogP contribution in [0.2, 0.25) is 10.0 Å². The Morgan fingerprint density at radius 2 is 1.76 bits per heavy atom. The van der Waals surface area contributed by atoms with Crippen molar-refractivity contribution in [1.29, 1.82) is 0 Å². The van der Waals surface area contributed by atoms with E-state index in [0.717, 1.165) is 6.42 Å². The van der Waals surface area contributed by atoms with Gasteiger partial charge in [0.25, 0.3) is 0 Å². The van der Waals surface area contributed by atoms with E-state index >= 15 is 0 Å². The summed E-state index contributed by atoms with van der Waals surface area (Å²) in [6, 6.07) is 3.03. The number of halogens is 3. The van der Waals surface area contributed by atoms with E-state index in [4.69, 9.17) is 23.2 Å². The van der Waals surface area contributed by atoms with Crippen molar-refractivity contribution in [3.63, 3.8) is 0 Å². The molecule has 3 nitrogen and oxygen atoms in total. The molecule has 0 unspecified atom stereocenters. The second kappa shape index (κ2) is 5.89. The van der Waals surface area contributed by atoms with E-state index in [2.05, 4.69) is 15.9 Å². The van der Waals surface area contributed by atoms with Crippen LogP contribution in [0.3, 0.4) is 0 Å². The van der Waals surface area contributed by atoms with Gasteiger partial charge in [-0.05, 0) is 18.6 Å². The van der Waals surface area contributed by atoms with Crippen LogP contribution < -0.4 is 0 Å². The van der Waals surface area contributed by atoms with E-state index in [-0.39, 0.29) is 14.9 Å². The van der Waals surface area contributed by atoms with Crippen molar-refractivity contribution in [1.82, 2.24) is 4.31 Å². The minimum atomic E-state index is -3.63. The predicted molar refractivity (Wildman–Crippen MR) is 74.3 cm³/mol. The molecule has 0 spiro atoms. The van der Waals surface area contributed by atoms with Gasteiger partial charge in [0.1, 0.15) is 4.90 Å². The molecule has 0 N–H and O–H groups in total. The molecule has 0 saturated heterocycles. The van der Waals surface area contributed by atoms with Gasteiger partial charge in [-0.2, -0.15) is 0 Å². The number of sulfonamides is 1. The summed E-state index contributed by atoms with van der Waals surface area (Å²) in [5.74, 6) is 0. The third kappa shape index (κ3) is 3.35. The molecule has 0 aliphatic heterocycles. The molecule has 0 radical (unpaired) electrons. The summed E-state index contributed by atoms with van der Waals surface area (Å²) < 4.78 is 26.3. The molecule has 1 aromatic rings. The van der Waals surface area contributed by atoms with Crippen molar-refractivity contribution in [2.75, 3.05) is 13.6 Å². The summed E-state index contributed by atoms with van der Waals surface area (Å²) in [6.45, 7) is 2.32. The van der Waals surface area contributed by atoms with Crippen molar-refractivity contribution in [3.05, 3.63) is 26.7 Å². The molecule has 17 heavy (non-hydrogen) atoms. The highest BCUT2D eigenvalue weighted by Gasteiger charge is 2.26. The summed E-state index contributed by atoms with van der Waals surface area (Å²) in [5, 5.41) is 0.236. The molecule has 7 heteroatoms. The van der Waals surface area contributed by atoms with Crippen molar-refractivity contribution in [3.8, 4) is 0 Å². The fraction of sp³-hybridized carbons (Fsp3) is 0.400. The van der Waals surface area contributed by atoms with E-state index in [9.17, 15) is 8.42 Å². The Labute approximate surface area is 120 Å². The summed E-state index contributed by atoms with van der Waals surface area (Å²) >= 11 is 15.1. The van der Waals surface area contributed by atoms with E-state index < -0.39 is 10.0 Å². The van der Waals surface area contributed by atoms with Crippen LogP contribution in [0.1, 0.15) is 13.3 Å². The maximum Gasteiger partial charge on any atom is 0.245 e. The highest BCUT2D eigenvalue weighted by atomic mass is 79.9. The minimum Gasteiger partial charge on any atom is -0.207 e. The Morgan fingerprint density at radius 1 is 1.29 bits per heavy atom. The molecule has 0 aliphatic carbocycles. The Kier molecular flexibility index (Phi) is 5.28. The lowest BCUT2D eigenvalue weighted by Gasteiger charge is -2.18.